The van der Waals surface area contributed by atoms with Gasteiger partial charge in [0, 0.05) is 18.8 Å². The van der Waals surface area contributed by atoms with E-state index in [1.54, 1.807) is 6.07 Å². The highest BCUT2D eigenvalue weighted by atomic mass is 16.4. The third-order valence-corrected chi connectivity index (χ3v) is 3.37. The molecular weight excluding hydrogens is 246 g/mol. The van der Waals surface area contributed by atoms with Crippen LogP contribution < -0.4 is 10.6 Å². The summed E-state index contributed by atoms with van der Waals surface area (Å²) in [6.45, 7) is 3.24. The zero-order valence-electron chi connectivity index (χ0n) is 10.7. The minimum absolute atomic E-state index is 0.00342. The van der Waals surface area contributed by atoms with E-state index in [1.807, 2.05) is 6.92 Å². The number of carboxylic acid groups (broad SMARTS) is 1. The summed E-state index contributed by atoms with van der Waals surface area (Å²) in [7, 11) is 0. The number of carbonyl (C=O) groups is 2. The molecule has 19 heavy (non-hydrogen) atoms. The van der Waals surface area contributed by atoms with Gasteiger partial charge in [-0.1, -0.05) is 6.07 Å². The lowest BCUT2D eigenvalue weighted by molar-refractivity contribution is -0.125. The number of carbonyl (C=O) groups excluding carboxylic acids is 1. The van der Waals surface area contributed by atoms with Gasteiger partial charge >= 0.3 is 5.97 Å². The third-order valence-electron chi connectivity index (χ3n) is 3.37. The van der Waals surface area contributed by atoms with Crippen molar-refractivity contribution in [2.75, 3.05) is 6.54 Å². The van der Waals surface area contributed by atoms with E-state index in [2.05, 4.69) is 15.6 Å². The second-order valence-electron chi connectivity index (χ2n) is 4.71. The fourth-order valence-electron chi connectivity index (χ4n) is 2.19. The molecule has 1 aliphatic rings. The summed E-state index contributed by atoms with van der Waals surface area (Å²) in [5, 5.41) is 14.8. The third kappa shape index (κ3) is 3.29. The molecule has 3 N–H and O–H groups in total. The minimum atomic E-state index is -1.05. The smallest absolute Gasteiger partial charge is 0.354 e. The van der Waals surface area contributed by atoms with E-state index in [1.165, 1.54) is 12.3 Å². The summed E-state index contributed by atoms with van der Waals surface area (Å²) in [4.78, 5) is 26.4. The second kappa shape index (κ2) is 5.79. The van der Waals surface area contributed by atoms with Crippen molar-refractivity contribution in [2.45, 2.75) is 25.9 Å². The van der Waals surface area contributed by atoms with Crippen molar-refractivity contribution in [3.63, 3.8) is 0 Å². The van der Waals surface area contributed by atoms with Crippen molar-refractivity contribution in [3.8, 4) is 0 Å². The van der Waals surface area contributed by atoms with Gasteiger partial charge in [-0.3, -0.25) is 4.79 Å². The fraction of sp³-hybridized carbons (Fsp3) is 0.462. The Kier molecular flexibility index (Phi) is 4.11. The number of nitrogens with zero attached hydrogens (tertiary/aromatic N) is 1. The van der Waals surface area contributed by atoms with Gasteiger partial charge in [0.05, 0.1) is 5.92 Å². The van der Waals surface area contributed by atoms with E-state index in [-0.39, 0.29) is 23.6 Å². The molecule has 0 radical (unpaired) electrons. The van der Waals surface area contributed by atoms with Gasteiger partial charge in [0.2, 0.25) is 5.91 Å². The van der Waals surface area contributed by atoms with E-state index in [0.717, 1.165) is 18.5 Å². The molecule has 0 aliphatic carbocycles. The van der Waals surface area contributed by atoms with Crippen molar-refractivity contribution in [1.29, 1.82) is 0 Å². The highest BCUT2D eigenvalue weighted by Gasteiger charge is 2.28. The van der Waals surface area contributed by atoms with Crippen molar-refractivity contribution < 1.29 is 14.7 Å². The lowest BCUT2D eigenvalue weighted by atomic mass is 10.0. The molecule has 0 aromatic carbocycles. The van der Waals surface area contributed by atoms with Crippen molar-refractivity contribution in [2.24, 2.45) is 5.92 Å². The average Bonchev–Trinajstić information content (AvgIpc) is 2.83. The summed E-state index contributed by atoms with van der Waals surface area (Å²) in [5.74, 6) is -1.02. The van der Waals surface area contributed by atoms with Crippen molar-refractivity contribution in [3.05, 3.63) is 29.6 Å². The summed E-state index contributed by atoms with van der Waals surface area (Å²) >= 11 is 0. The van der Waals surface area contributed by atoms with Crippen LogP contribution in [0.2, 0.25) is 0 Å². The molecule has 102 valence electrons. The van der Waals surface area contributed by atoms with Gasteiger partial charge in [-0.15, -0.1) is 0 Å². The summed E-state index contributed by atoms with van der Waals surface area (Å²) in [6, 6.07) is 3.30. The van der Waals surface area contributed by atoms with E-state index >= 15 is 0 Å². The molecule has 2 heterocycles. The van der Waals surface area contributed by atoms with Crippen LogP contribution >= 0.6 is 0 Å². The molecule has 2 rings (SSSR count). The number of nitrogens with one attached hydrogen (secondary N) is 2. The maximum absolute atomic E-state index is 11.9. The van der Waals surface area contributed by atoms with Crippen molar-refractivity contribution in [1.82, 2.24) is 15.6 Å². The molecule has 2 unspecified atom stereocenters. The van der Waals surface area contributed by atoms with Crippen LogP contribution in [0.4, 0.5) is 0 Å². The first-order chi connectivity index (χ1) is 9.08. The highest BCUT2D eigenvalue weighted by molar-refractivity contribution is 5.85. The van der Waals surface area contributed by atoms with Crippen LogP contribution in [0.1, 0.15) is 29.4 Å². The largest absolute Gasteiger partial charge is 0.477 e. The predicted octanol–water partition coefficient (Wildman–Crippen LogP) is 0.394. The Balaban J connectivity index is 1.88. The number of aromatic nitrogens is 1. The zero-order chi connectivity index (χ0) is 13.8. The van der Waals surface area contributed by atoms with E-state index < -0.39 is 5.97 Å². The number of amides is 1. The maximum Gasteiger partial charge on any atom is 0.354 e. The second-order valence-corrected chi connectivity index (χ2v) is 4.71. The Morgan fingerprint density at radius 2 is 2.32 bits per heavy atom. The standard InChI is InChI=1S/C13H17N3O3/c1-8-10(4-5-14-8)12(17)16-7-9-2-3-11(13(18)19)15-6-9/h2-3,6,8,10,14H,4-5,7H2,1H3,(H,16,17)(H,18,19). The van der Waals surface area contributed by atoms with E-state index in [0.29, 0.717) is 6.54 Å². The fourth-order valence-corrected chi connectivity index (χ4v) is 2.19. The molecule has 6 nitrogen and oxygen atoms in total. The SMILES string of the molecule is CC1NCCC1C(=O)NCc1ccc(C(=O)O)nc1. The van der Waals surface area contributed by atoms with Crippen LogP contribution in [0, 0.1) is 5.92 Å². The van der Waals surface area contributed by atoms with E-state index in [4.69, 9.17) is 5.11 Å². The monoisotopic (exact) mass is 263 g/mol. The van der Waals surface area contributed by atoms with Gasteiger partial charge in [0.1, 0.15) is 5.69 Å². The van der Waals surface area contributed by atoms with Crippen LogP contribution in [0.15, 0.2) is 18.3 Å². The molecule has 1 aliphatic heterocycles. The van der Waals surface area contributed by atoms with Gasteiger partial charge in [-0.25, -0.2) is 9.78 Å². The summed E-state index contributed by atoms with van der Waals surface area (Å²) in [5.41, 5.74) is 0.792. The number of aromatic carboxylic acids is 1. The van der Waals surface area contributed by atoms with Crippen LogP contribution in [0.5, 0.6) is 0 Å². The highest BCUT2D eigenvalue weighted by Crippen LogP contribution is 2.15. The molecule has 1 saturated heterocycles. The molecule has 2 atom stereocenters. The van der Waals surface area contributed by atoms with Gasteiger partial charge in [-0.05, 0) is 31.5 Å². The van der Waals surface area contributed by atoms with Crippen LogP contribution in [0.3, 0.4) is 0 Å². The first kappa shape index (κ1) is 13.5. The predicted molar refractivity (Wildman–Crippen MR) is 68.6 cm³/mol. The molecular formula is C13H17N3O3. The number of pyridine rings is 1. The molecule has 0 spiro atoms. The molecule has 0 saturated carbocycles. The zero-order valence-corrected chi connectivity index (χ0v) is 10.7. The Morgan fingerprint density at radius 3 is 2.84 bits per heavy atom. The maximum atomic E-state index is 11.9. The normalized spacial score (nSPS) is 22.2. The minimum Gasteiger partial charge on any atom is -0.477 e. The topological polar surface area (TPSA) is 91.3 Å². The van der Waals surface area contributed by atoms with Gasteiger partial charge in [0.25, 0.3) is 0 Å². The van der Waals surface area contributed by atoms with Crippen molar-refractivity contribution >= 4 is 11.9 Å². The molecule has 1 fully saturated rings. The molecule has 1 amide bonds. The Bertz CT molecular complexity index is 473. The van der Waals surface area contributed by atoms with Crippen LogP contribution in [-0.4, -0.2) is 34.6 Å². The Morgan fingerprint density at radius 1 is 1.53 bits per heavy atom. The van der Waals surface area contributed by atoms with E-state index in [9.17, 15) is 9.59 Å². The number of carboxylic acids is 1. The number of hydrogen-bond donors (Lipinski definition) is 3. The lowest BCUT2D eigenvalue weighted by Crippen LogP contribution is -2.36. The Labute approximate surface area is 111 Å². The molecule has 1 aromatic rings. The summed E-state index contributed by atoms with van der Waals surface area (Å²) < 4.78 is 0. The van der Waals surface area contributed by atoms with Crippen LogP contribution in [0.25, 0.3) is 0 Å². The van der Waals surface area contributed by atoms with Gasteiger partial charge in [-0.2, -0.15) is 0 Å². The van der Waals surface area contributed by atoms with Gasteiger partial charge < -0.3 is 15.7 Å². The van der Waals surface area contributed by atoms with Gasteiger partial charge in [0.15, 0.2) is 0 Å². The first-order valence-electron chi connectivity index (χ1n) is 6.27. The Hall–Kier alpha value is -1.95. The quantitative estimate of drug-likeness (QED) is 0.731. The number of rotatable bonds is 4. The van der Waals surface area contributed by atoms with Crippen LogP contribution in [-0.2, 0) is 11.3 Å². The summed E-state index contributed by atoms with van der Waals surface area (Å²) in [6.07, 6.45) is 2.32. The molecule has 1 aromatic heterocycles. The number of hydrogen-bond acceptors (Lipinski definition) is 4. The first-order valence-corrected chi connectivity index (χ1v) is 6.27. The molecule has 0 bridgehead atoms. The molecule has 6 heteroatoms. The lowest BCUT2D eigenvalue weighted by Gasteiger charge is -2.14. The average molecular weight is 263 g/mol.